The number of rotatable bonds is 3. The fourth-order valence-electron chi connectivity index (χ4n) is 0.932. The van der Waals surface area contributed by atoms with E-state index in [0.29, 0.717) is 0 Å². The van der Waals surface area contributed by atoms with Crippen LogP contribution in [-0.4, -0.2) is 7.12 Å². The Morgan fingerprint density at radius 1 is 0.688 bits per heavy atom. The minimum Gasteiger partial charge on any atom is -0.341 e. The molecule has 0 saturated carbocycles. The Kier molecular flexibility index (Phi) is 5.19. The lowest BCUT2D eigenvalue weighted by Gasteiger charge is -2.10. The highest BCUT2D eigenvalue weighted by molar-refractivity contribution is 14.1. The molecule has 0 N–H and O–H groups in total. The largest absolute Gasteiger partial charge is 0.519 e. The maximum atomic E-state index is 13.1. The van der Waals surface area contributed by atoms with E-state index in [1.54, 1.807) is 0 Å². The summed E-state index contributed by atoms with van der Waals surface area (Å²) >= 11 is 2.43. The van der Waals surface area contributed by atoms with Crippen molar-refractivity contribution in [3.05, 3.63) is 29.1 Å². The fourth-order valence-corrected chi connectivity index (χ4v) is 2.05. The molecule has 10 heteroatoms. The third-order valence-electron chi connectivity index (χ3n) is 1.64. The standard InChI is InChI=1S/C6BF5I2O2/c8-2-1(7(15-13)16-14)3(9)5(11)6(12)4(2)10. The second-order valence-corrected chi connectivity index (χ2v) is 3.51. The van der Waals surface area contributed by atoms with E-state index >= 15 is 0 Å². The smallest absolute Gasteiger partial charge is 0.341 e. The maximum absolute atomic E-state index is 13.1. The van der Waals surface area contributed by atoms with Gasteiger partial charge in [-0.3, -0.25) is 0 Å². The van der Waals surface area contributed by atoms with Gasteiger partial charge in [-0.15, -0.1) is 0 Å². The van der Waals surface area contributed by atoms with Crippen molar-refractivity contribution < 1.29 is 27.9 Å². The highest BCUT2D eigenvalue weighted by Crippen LogP contribution is 2.18. The minimum absolute atomic E-state index is 1.17. The van der Waals surface area contributed by atoms with Gasteiger partial charge in [0.25, 0.3) is 0 Å². The van der Waals surface area contributed by atoms with Crippen molar-refractivity contribution in [2.75, 3.05) is 0 Å². The van der Waals surface area contributed by atoms with E-state index in [4.69, 9.17) is 0 Å². The molecule has 0 radical (unpaired) electrons. The summed E-state index contributed by atoms with van der Waals surface area (Å²) in [5.41, 5.74) is -1.17. The van der Waals surface area contributed by atoms with Crippen LogP contribution in [0.15, 0.2) is 0 Å². The Morgan fingerprint density at radius 3 is 1.31 bits per heavy atom. The molecule has 0 aliphatic carbocycles. The van der Waals surface area contributed by atoms with E-state index in [0.717, 1.165) is 0 Å². The van der Waals surface area contributed by atoms with Crippen LogP contribution in [0, 0.1) is 29.1 Å². The van der Waals surface area contributed by atoms with Crippen LogP contribution in [0.4, 0.5) is 22.0 Å². The van der Waals surface area contributed by atoms with Gasteiger partial charge in [0.05, 0.1) is 51.5 Å². The van der Waals surface area contributed by atoms with Crippen molar-refractivity contribution in [2.24, 2.45) is 0 Å². The van der Waals surface area contributed by atoms with E-state index in [1.165, 1.54) is 46.0 Å². The summed E-state index contributed by atoms with van der Waals surface area (Å²) in [7, 11) is -1.69. The van der Waals surface area contributed by atoms with E-state index in [1.807, 2.05) is 0 Å². The molecule has 1 rings (SSSR count). The first-order valence-electron chi connectivity index (χ1n) is 3.51. The highest BCUT2D eigenvalue weighted by Gasteiger charge is 2.35. The van der Waals surface area contributed by atoms with Gasteiger partial charge in [-0.05, 0) is 0 Å². The van der Waals surface area contributed by atoms with Crippen molar-refractivity contribution in [2.45, 2.75) is 0 Å². The van der Waals surface area contributed by atoms with Crippen molar-refractivity contribution in [1.82, 2.24) is 0 Å². The van der Waals surface area contributed by atoms with Crippen LogP contribution in [0.25, 0.3) is 0 Å². The molecule has 0 aliphatic rings. The van der Waals surface area contributed by atoms with Gasteiger partial charge < -0.3 is 5.97 Å². The quantitative estimate of drug-likeness (QED) is 0.226. The van der Waals surface area contributed by atoms with Crippen LogP contribution in [-0.2, 0) is 5.97 Å². The summed E-state index contributed by atoms with van der Waals surface area (Å²) in [4.78, 5) is 0. The summed E-state index contributed by atoms with van der Waals surface area (Å²) in [5.74, 6) is -10.3. The van der Waals surface area contributed by atoms with Crippen LogP contribution in [0.3, 0.4) is 0 Å². The molecule has 1 aromatic carbocycles. The van der Waals surface area contributed by atoms with E-state index < -0.39 is 41.7 Å². The van der Waals surface area contributed by atoms with Gasteiger partial charge in [-0.1, -0.05) is 0 Å². The Labute approximate surface area is 115 Å². The molecule has 88 valence electrons. The summed E-state index contributed by atoms with van der Waals surface area (Å²) in [6, 6.07) is 0. The molecule has 16 heavy (non-hydrogen) atoms. The summed E-state index contributed by atoms with van der Waals surface area (Å²) in [6.45, 7) is 0. The predicted octanol–water partition coefficient (Wildman–Crippen LogP) is 2.81. The Bertz CT molecular complexity index is 385. The number of halogens is 7. The fraction of sp³-hybridized carbons (Fsp3) is 0. The maximum Gasteiger partial charge on any atom is 0.519 e. The molecule has 0 aromatic heterocycles. The molecule has 0 spiro atoms. The molecule has 2 nitrogen and oxygen atoms in total. The molecule has 1 aromatic rings. The lowest BCUT2D eigenvalue weighted by Crippen LogP contribution is -2.39. The van der Waals surface area contributed by atoms with Gasteiger partial charge in [0, 0.05) is 0 Å². The van der Waals surface area contributed by atoms with E-state index in [9.17, 15) is 22.0 Å². The highest BCUT2D eigenvalue weighted by atomic mass is 127. The number of hydrogen-bond donors (Lipinski definition) is 0. The first kappa shape index (κ1) is 14.4. The Balaban J connectivity index is 3.50. The molecule has 0 amide bonds. The van der Waals surface area contributed by atoms with Crippen LogP contribution in [0.2, 0.25) is 0 Å². The Morgan fingerprint density at radius 2 is 1.00 bits per heavy atom. The molecule has 0 atom stereocenters. The zero-order chi connectivity index (χ0) is 12.5. The lowest BCUT2D eigenvalue weighted by atomic mass is 9.79. The van der Waals surface area contributed by atoms with Crippen molar-refractivity contribution in [3.8, 4) is 0 Å². The van der Waals surface area contributed by atoms with Gasteiger partial charge in [0.1, 0.15) is 0 Å². The summed E-state index contributed by atoms with van der Waals surface area (Å²) in [5, 5.41) is 0. The summed E-state index contributed by atoms with van der Waals surface area (Å²) in [6.07, 6.45) is 0. The van der Waals surface area contributed by atoms with E-state index in [2.05, 4.69) is 5.97 Å². The SMILES string of the molecule is Fc1c(F)c(F)c(B(OI)OI)c(F)c1F. The third kappa shape index (κ3) is 2.43. The number of hydrogen-bond acceptors (Lipinski definition) is 2. The molecule has 0 heterocycles. The third-order valence-corrected chi connectivity index (χ3v) is 2.57. The van der Waals surface area contributed by atoms with Gasteiger partial charge in [0.2, 0.25) is 0 Å². The van der Waals surface area contributed by atoms with E-state index in [-0.39, 0.29) is 0 Å². The average molecular weight is 464 g/mol. The molecule has 0 aliphatic heterocycles. The van der Waals surface area contributed by atoms with Gasteiger partial charge in [-0.2, -0.15) is 0 Å². The molecular formula is C6BF5I2O2. The monoisotopic (exact) mass is 464 g/mol. The van der Waals surface area contributed by atoms with Crippen molar-refractivity contribution in [1.29, 1.82) is 0 Å². The number of benzene rings is 1. The lowest BCUT2D eigenvalue weighted by molar-refractivity contribution is 0.381. The Hall–Kier alpha value is 0.315. The van der Waals surface area contributed by atoms with Gasteiger partial charge in [0.15, 0.2) is 29.1 Å². The van der Waals surface area contributed by atoms with Crippen molar-refractivity contribution in [3.63, 3.8) is 0 Å². The first-order valence-corrected chi connectivity index (χ1v) is 5.28. The van der Waals surface area contributed by atoms with Crippen LogP contribution in [0.5, 0.6) is 0 Å². The average Bonchev–Trinajstić information content (AvgIpc) is 2.29. The molecule has 0 fully saturated rings. The van der Waals surface area contributed by atoms with Crippen LogP contribution < -0.4 is 5.46 Å². The molecule has 0 unspecified atom stereocenters. The molecule has 0 saturated heterocycles. The minimum atomic E-state index is -2.22. The normalized spacial score (nSPS) is 10.7. The van der Waals surface area contributed by atoms with Crippen molar-refractivity contribution >= 4 is 58.6 Å². The van der Waals surface area contributed by atoms with Gasteiger partial charge in [-0.25, -0.2) is 22.0 Å². The second kappa shape index (κ2) is 5.77. The predicted molar refractivity (Wildman–Crippen MR) is 61.8 cm³/mol. The summed E-state index contributed by atoms with van der Waals surface area (Å²) < 4.78 is 73.3. The topological polar surface area (TPSA) is 18.5 Å². The zero-order valence-corrected chi connectivity index (χ0v) is 11.4. The molecular weight excluding hydrogens is 464 g/mol. The van der Waals surface area contributed by atoms with Crippen LogP contribution >= 0.6 is 46.0 Å². The van der Waals surface area contributed by atoms with Gasteiger partial charge >= 0.3 is 7.12 Å². The zero-order valence-electron chi connectivity index (χ0n) is 7.04. The first-order chi connectivity index (χ1) is 7.45. The molecule has 0 bridgehead atoms. The van der Waals surface area contributed by atoms with Crippen LogP contribution in [0.1, 0.15) is 0 Å². The second-order valence-electron chi connectivity index (χ2n) is 2.49.